The first kappa shape index (κ1) is 10.5. The van der Waals surface area contributed by atoms with Crippen molar-refractivity contribution in [1.29, 1.82) is 0 Å². The van der Waals surface area contributed by atoms with E-state index in [1.165, 1.54) is 6.07 Å². The fourth-order valence-corrected chi connectivity index (χ4v) is 2.05. The molecule has 0 amide bonds. The number of para-hydroxylation sites is 1. The summed E-state index contributed by atoms with van der Waals surface area (Å²) < 4.78 is 0.559. The second-order valence-electron chi connectivity index (χ2n) is 3.55. The van der Waals surface area contributed by atoms with E-state index >= 15 is 0 Å². The van der Waals surface area contributed by atoms with Gasteiger partial charge >= 0.3 is 0 Å². The average Bonchev–Trinajstić information content (AvgIpc) is 2.29. The lowest BCUT2D eigenvalue weighted by molar-refractivity contribution is 0.480. The lowest BCUT2D eigenvalue weighted by Crippen LogP contribution is -2.10. The number of aromatic nitrogens is 3. The number of hydrogen-bond donors (Lipinski definition) is 2. The highest BCUT2D eigenvalue weighted by Crippen LogP contribution is 2.22. The fraction of sp³-hybridized carbons (Fsp3) is 0. The minimum absolute atomic E-state index is 0.0521. The van der Waals surface area contributed by atoms with E-state index < -0.39 is 0 Å². The topological polar surface area (TPSA) is 78.9 Å². The average molecular weight is 339 g/mol. The molecule has 0 aliphatic carbocycles. The smallest absolute Gasteiger partial charge is 0.263 e. The lowest BCUT2D eigenvalue weighted by Gasteiger charge is -2.02. The van der Waals surface area contributed by atoms with Gasteiger partial charge in [-0.1, -0.05) is 6.07 Å². The van der Waals surface area contributed by atoms with Crippen molar-refractivity contribution in [2.75, 3.05) is 0 Å². The Bertz CT molecular complexity index is 798. The van der Waals surface area contributed by atoms with Crippen LogP contribution in [0.1, 0.15) is 0 Å². The number of benzene rings is 1. The molecule has 0 saturated carbocycles. The molecule has 0 bridgehead atoms. The van der Waals surface area contributed by atoms with Crippen molar-refractivity contribution in [3.63, 3.8) is 0 Å². The van der Waals surface area contributed by atoms with Crippen molar-refractivity contribution in [2.45, 2.75) is 0 Å². The van der Waals surface area contributed by atoms with Gasteiger partial charge in [-0.05, 0) is 40.8 Å². The number of rotatable bonds is 0. The van der Waals surface area contributed by atoms with Crippen LogP contribution in [0.4, 0.5) is 0 Å². The van der Waals surface area contributed by atoms with Crippen LogP contribution in [0.15, 0.2) is 29.1 Å². The summed E-state index contributed by atoms with van der Waals surface area (Å²) in [7, 11) is 0. The summed E-state index contributed by atoms with van der Waals surface area (Å²) in [4.78, 5) is 22.6. The van der Waals surface area contributed by atoms with Crippen molar-refractivity contribution in [3.05, 3.63) is 38.2 Å². The number of fused-ring (bicyclic) bond motifs is 2. The normalized spacial score (nSPS) is 11.1. The summed E-state index contributed by atoms with van der Waals surface area (Å²) in [5.41, 5.74) is 1.76. The number of aromatic hydroxyl groups is 1. The van der Waals surface area contributed by atoms with E-state index in [1.54, 1.807) is 18.2 Å². The highest BCUT2D eigenvalue weighted by Gasteiger charge is 2.07. The van der Waals surface area contributed by atoms with Crippen LogP contribution in [-0.2, 0) is 0 Å². The van der Waals surface area contributed by atoms with E-state index in [9.17, 15) is 9.90 Å². The van der Waals surface area contributed by atoms with Gasteiger partial charge in [-0.3, -0.25) is 4.79 Å². The predicted molar refractivity (Wildman–Crippen MR) is 72.0 cm³/mol. The minimum Gasteiger partial charge on any atom is -0.506 e. The number of pyridine rings is 1. The Hall–Kier alpha value is -1.70. The first-order valence-electron chi connectivity index (χ1n) is 4.83. The maximum absolute atomic E-state index is 11.5. The molecule has 0 aliphatic heterocycles. The number of hydrogen-bond acceptors (Lipinski definition) is 4. The summed E-state index contributed by atoms with van der Waals surface area (Å²) in [5.74, 6) is 0.0521. The van der Waals surface area contributed by atoms with Gasteiger partial charge in [-0.15, -0.1) is 0 Å². The van der Waals surface area contributed by atoms with E-state index in [0.29, 0.717) is 25.8 Å². The molecule has 1 aromatic carbocycles. The molecule has 0 fully saturated rings. The molecule has 0 atom stereocenters. The van der Waals surface area contributed by atoms with Gasteiger partial charge in [0.25, 0.3) is 5.56 Å². The molecule has 5 nitrogen and oxygen atoms in total. The van der Waals surface area contributed by atoms with Crippen molar-refractivity contribution < 1.29 is 5.11 Å². The summed E-state index contributed by atoms with van der Waals surface area (Å²) in [6.07, 6.45) is 0. The number of nitrogens with one attached hydrogen (secondary N) is 1. The Balaban J connectivity index is 2.52. The summed E-state index contributed by atoms with van der Waals surface area (Å²) >= 11 is 1.94. The molecule has 0 unspecified atom stereocenters. The third kappa shape index (κ3) is 1.64. The predicted octanol–water partition coefficient (Wildman–Crippen LogP) is 1.78. The zero-order chi connectivity index (χ0) is 12.0. The van der Waals surface area contributed by atoms with Crippen molar-refractivity contribution in [3.8, 4) is 5.75 Å². The van der Waals surface area contributed by atoms with Crippen molar-refractivity contribution in [1.82, 2.24) is 15.0 Å². The second-order valence-corrected chi connectivity index (χ2v) is 4.71. The van der Waals surface area contributed by atoms with E-state index in [0.717, 1.165) is 0 Å². The molecule has 17 heavy (non-hydrogen) atoms. The maximum Gasteiger partial charge on any atom is 0.263 e. The number of aromatic amines is 1. The molecule has 6 heteroatoms. The Morgan fingerprint density at radius 1 is 1.24 bits per heavy atom. The first-order chi connectivity index (χ1) is 8.15. The second kappa shape index (κ2) is 3.66. The number of phenols is 1. The van der Waals surface area contributed by atoms with Crippen LogP contribution in [0, 0.1) is 3.57 Å². The van der Waals surface area contributed by atoms with E-state index in [2.05, 4.69) is 15.0 Å². The number of nitrogens with zero attached hydrogens (tertiary/aromatic N) is 2. The van der Waals surface area contributed by atoms with Crippen molar-refractivity contribution >= 4 is 44.8 Å². The Morgan fingerprint density at radius 2 is 2.06 bits per heavy atom. The maximum atomic E-state index is 11.5. The van der Waals surface area contributed by atoms with Gasteiger partial charge in [0.15, 0.2) is 5.65 Å². The van der Waals surface area contributed by atoms with Gasteiger partial charge in [-0.2, -0.15) is 0 Å². The molecule has 2 N–H and O–H groups in total. The first-order valence-corrected chi connectivity index (χ1v) is 5.91. The van der Waals surface area contributed by atoms with Crippen LogP contribution in [0.5, 0.6) is 5.75 Å². The summed E-state index contributed by atoms with van der Waals surface area (Å²) in [6, 6.07) is 6.67. The molecule has 0 radical (unpaired) electrons. The van der Waals surface area contributed by atoms with Crippen LogP contribution < -0.4 is 5.56 Å². The van der Waals surface area contributed by atoms with E-state index in [-0.39, 0.29) is 11.3 Å². The van der Waals surface area contributed by atoms with Gasteiger partial charge in [0.2, 0.25) is 0 Å². The molecule has 2 aromatic heterocycles. The van der Waals surface area contributed by atoms with Crippen LogP contribution in [0.3, 0.4) is 0 Å². The molecule has 0 aliphatic rings. The third-order valence-corrected chi connectivity index (χ3v) is 3.21. The van der Waals surface area contributed by atoms with E-state index in [1.807, 2.05) is 22.6 Å². The van der Waals surface area contributed by atoms with Gasteiger partial charge in [0, 0.05) is 0 Å². The largest absolute Gasteiger partial charge is 0.506 e. The number of H-pyrrole nitrogens is 1. The van der Waals surface area contributed by atoms with Crippen LogP contribution in [0.25, 0.3) is 22.2 Å². The Kier molecular flexibility index (Phi) is 2.25. The molecule has 0 spiro atoms. The van der Waals surface area contributed by atoms with Crippen LogP contribution in [0.2, 0.25) is 0 Å². The number of halogens is 1. The van der Waals surface area contributed by atoms with Crippen molar-refractivity contribution in [2.24, 2.45) is 0 Å². The summed E-state index contributed by atoms with van der Waals surface area (Å²) in [5, 5.41) is 9.66. The molecule has 84 valence electrons. The number of phenolic OH excluding ortho intramolecular Hbond substituents is 1. The Morgan fingerprint density at radius 3 is 2.88 bits per heavy atom. The fourth-order valence-electron chi connectivity index (χ4n) is 1.62. The van der Waals surface area contributed by atoms with Gasteiger partial charge in [0.05, 0.1) is 9.09 Å². The highest BCUT2D eigenvalue weighted by atomic mass is 127. The summed E-state index contributed by atoms with van der Waals surface area (Å²) in [6.45, 7) is 0. The van der Waals surface area contributed by atoms with E-state index in [4.69, 9.17) is 0 Å². The highest BCUT2D eigenvalue weighted by molar-refractivity contribution is 14.1. The minimum atomic E-state index is -0.206. The quantitative estimate of drug-likeness (QED) is 0.483. The molecule has 3 aromatic rings. The standard InChI is InChI=1S/C11H6IN3O2/c12-5-4-7-10(15-11(5)17)14-9-6(13-7)2-1-3-8(9)16/h1-4,16H,(H,14,15,17). The SMILES string of the molecule is O=c1[nH]c2nc3c(O)cccc3nc2cc1I. The van der Waals surface area contributed by atoms with Gasteiger partial charge in [-0.25, -0.2) is 9.97 Å². The zero-order valence-corrected chi connectivity index (χ0v) is 10.6. The molecular weight excluding hydrogens is 333 g/mol. The zero-order valence-electron chi connectivity index (χ0n) is 8.44. The molecular formula is C11H6IN3O2. The molecule has 3 rings (SSSR count). The van der Waals surface area contributed by atoms with Gasteiger partial charge in [0.1, 0.15) is 16.8 Å². The third-order valence-electron chi connectivity index (χ3n) is 2.41. The lowest BCUT2D eigenvalue weighted by atomic mass is 10.2. The van der Waals surface area contributed by atoms with Gasteiger partial charge < -0.3 is 10.1 Å². The molecule has 0 saturated heterocycles. The molecule has 2 heterocycles. The monoisotopic (exact) mass is 339 g/mol. The Labute approximate surface area is 109 Å². The van der Waals surface area contributed by atoms with Crippen LogP contribution >= 0.6 is 22.6 Å². The van der Waals surface area contributed by atoms with Crippen LogP contribution in [-0.4, -0.2) is 20.1 Å².